The molecule has 1 N–H and O–H groups in total. The van der Waals surface area contributed by atoms with Crippen molar-refractivity contribution >= 4 is 28.9 Å². The summed E-state index contributed by atoms with van der Waals surface area (Å²) in [6.45, 7) is 3.63. The first-order valence-electron chi connectivity index (χ1n) is 11.2. The number of thioether (sulfide) groups is 1. The van der Waals surface area contributed by atoms with E-state index >= 15 is 0 Å². The topological polar surface area (TPSA) is 60.2 Å². The van der Waals surface area contributed by atoms with Crippen LogP contribution in [0, 0.1) is 0 Å². The first-order valence-corrected chi connectivity index (χ1v) is 12.0. The standard InChI is InChI=1S/C27H25N3O2S/c31-23-13-11-20(12-14-23)19-24-26(32)28-27(33-24)30-17-15-29(16-18-30)25(21-7-3-1-4-8-21)22-9-5-2-6-10-22/h1-14,19,25,31H,15-18H2/b24-19+. The number of aliphatic imine (C=N–C) groups is 1. The molecule has 0 aliphatic carbocycles. The second-order valence-electron chi connectivity index (χ2n) is 8.28. The summed E-state index contributed by atoms with van der Waals surface area (Å²) in [4.78, 5) is 21.1. The number of amides is 1. The Morgan fingerprint density at radius 1 is 0.879 bits per heavy atom. The Labute approximate surface area is 198 Å². The van der Waals surface area contributed by atoms with E-state index in [0.717, 1.165) is 36.9 Å². The van der Waals surface area contributed by atoms with Gasteiger partial charge in [-0.05, 0) is 23.4 Å². The SMILES string of the molecule is O=C1N=C(N2CC[NH+](C(c3ccccc3)c3ccccc3)CC2)S/C1=C/c1ccc([O-])cc1. The zero-order valence-electron chi connectivity index (χ0n) is 18.2. The minimum atomic E-state index is -0.206. The van der Waals surface area contributed by atoms with Gasteiger partial charge in [0.15, 0.2) is 5.17 Å². The second-order valence-corrected chi connectivity index (χ2v) is 9.29. The van der Waals surface area contributed by atoms with Gasteiger partial charge in [0.05, 0.1) is 31.1 Å². The monoisotopic (exact) mass is 455 g/mol. The van der Waals surface area contributed by atoms with Gasteiger partial charge < -0.3 is 14.9 Å². The summed E-state index contributed by atoms with van der Waals surface area (Å²) in [6.07, 6.45) is 1.81. The second kappa shape index (κ2) is 9.65. The molecule has 0 aromatic heterocycles. The van der Waals surface area contributed by atoms with Gasteiger partial charge in [-0.1, -0.05) is 84.9 Å². The molecule has 1 fully saturated rings. The van der Waals surface area contributed by atoms with Crippen molar-refractivity contribution in [2.24, 2.45) is 4.99 Å². The molecule has 166 valence electrons. The molecule has 0 unspecified atom stereocenters. The number of amidine groups is 1. The number of hydrogen-bond donors (Lipinski definition) is 1. The Morgan fingerprint density at radius 3 is 2.03 bits per heavy atom. The minimum absolute atomic E-state index is 0.0378. The normalized spacial score (nSPS) is 18.2. The first-order chi connectivity index (χ1) is 16.2. The molecule has 5 rings (SSSR count). The van der Waals surface area contributed by atoms with Crippen molar-refractivity contribution in [1.29, 1.82) is 0 Å². The zero-order valence-corrected chi connectivity index (χ0v) is 19.0. The van der Waals surface area contributed by atoms with E-state index in [9.17, 15) is 9.90 Å². The highest BCUT2D eigenvalue weighted by molar-refractivity contribution is 8.18. The molecule has 3 aromatic rings. The number of nitrogens with zero attached hydrogens (tertiary/aromatic N) is 2. The van der Waals surface area contributed by atoms with E-state index in [1.165, 1.54) is 39.9 Å². The lowest BCUT2D eigenvalue weighted by Crippen LogP contribution is -3.15. The van der Waals surface area contributed by atoms with Gasteiger partial charge in [0.2, 0.25) is 0 Å². The van der Waals surface area contributed by atoms with Crippen LogP contribution in [0.1, 0.15) is 22.7 Å². The molecule has 0 bridgehead atoms. The third-order valence-corrected chi connectivity index (χ3v) is 7.18. The summed E-state index contributed by atoms with van der Waals surface area (Å²) in [6, 6.07) is 28.2. The van der Waals surface area contributed by atoms with E-state index in [0.29, 0.717) is 4.91 Å². The van der Waals surface area contributed by atoms with Gasteiger partial charge in [0.25, 0.3) is 5.91 Å². The van der Waals surface area contributed by atoms with Gasteiger partial charge in [-0.25, -0.2) is 0 Å². The smallest absolute Gasteiger partial charge is 0.286 e. The van der Waals surface area contributed by atoms with E-state index in [4.69, 9.17) is 0 Å². The molecule has 2 aliphatic rings. The molecule has 33 heavy (non-hydrogen) atoms. The number of quaternary nitrogens is 1. The molecule has 0 spiro atoms. The van der Waals surface area contributed by atoms with Gasteiger partial charge in [-0.15, -0.1) is 5.75 Å². The van der Waals surface area contributed by atoms with E-state index in [1.807, 2.05) is 6.08 Å². The van der Waals surface area contributed by atoms with Crippen molar-refractivity contribution in [3.8, 4) is 5.75 Å². The van der Waals surface area contributed by atoms with E-state index < -0.39 is 0 Å². The van der Waals surface area contributed by atoms with Gasteiger partial charge in [-0.2, -0.15) is 4.99 Å². The van der Waals surface area contributed by atoms with Crippen LogP contribution in [0.4, 0.5) is 0 Å². The molecule has 0 radical (unpaired) electrons. The third-order valence-electron chi connectivity index (χ3n) is 6.14. The number of piperazine rings is 1. The average molecular weight is 456 g/mol. The van der Waals surface area contributed by atoms with Crippen molar-refractivity contribution in [1.82, 2.24) is 4.90 Å². The maximum absolute atomic E-state index is 12.5. The number of carbonyl (C=O) groups is 1. The molecule has 0 saturated carbocycles. The average Bonchev–Trinajstić information content (AvgIpc) is 3.22. The van der Waals surface area contributed by atoms with Gasteiger partial charge in [-0.3, -0.25) is 4.79 Å². The summed E-state index contributed by atoms with van der Waals surface area (Å²) in [7, 11) is 0. The van der Waals surface area contributed by atoms with Crippen LogP contribution in [0.2, 0.25) is 0 Å². The lowest BCUT2D eigenvalue weighted by molar-refractivity contribution is -0.929. The highest BCUT2D eigenvalue weighted by Crippen LogP contribution is 2.30. The third kappa shape index (κ3) is 4.87. The lowest BCUT2D eigenvalue weighted by atomic mass is 9.96. The Morgan fingerprint density at radius 2 is 1.45 bits per heavy atom. The zero-order chi connectivity index (χ0) is 22.6. The number of benzene rings is 3. The van der Waals surface area contributed by atoms with Crippen LogP contribution in [-0.2, 0) is 4.79 Å². The van der Waals surface area contributed by atoms with Crippen LogP contribution in [-0.4, -0.2) is 42.2 Å². The first kappa shape index (κ1) is 21.5. The lowest BCUT2D eigenvalue weighted by Gasteiger charge is -2.37. The predicted molar refractivity (Wildman–Crippen MR) is 131 cm³/mol. The fraction of sp³-hybridized carbons (Fsp3) is 0.185. The van der Waals surface area contributed by atoms with Crippen LogP contribution in [0.3, 0.4) is 0 Å². The fourth-order valence-corrected chi connectivity index (χ4v) is 5.44. The van der Waals surface area contributed by atoms with Gasteiger partial charge >= 0.3 is 0 Å². The summed E-state index contributed by atoms with van der Waals surface area (Å²) in [5.74, 6) is -0.244. The number of nitrogens with one attached hydrogen (secondary N) is 1. The van der Waals surface area contributed by atoms with Crippen LogP contribution < -0.4 is 10.0 Å². The molecule has 5 nitrogen and oxygen atoms in total. The molecule has 6 heteroatoms. The molecule has 3 aromatic carbocycles. The minimum Gasteiger partial charge on any atom is -0.872 e. The van der Waals surface area contributed by atoms with Crippen LogP contribution >= 0.6 is 11.8 Å². The maximum Gasteiger partial charge on any atom is 0.286 e. The molecule has 2 heterocycles. The van der Waals surface area contributed by atoms with Gasteiger partial charge in [0.1, 0.15) is 6.04 Å². The Kier molecular flexibility index (Phi) is 6.28. The van der Waals surface area contributed by atoms with Crippen LogP contribution in [0.15, 0.2) is 94.8 Å². The molecular formula is C27H25N3O2S. The largest absolute Gasteiger partial charge is 0.872 e. The number of hydrogen-bond acceptors (Lipinski definition) is 4. The van der Waals surface area contributed by atoms with Crippen molar-refractivity contribution in [3.05, 3.63) is 107 Å². The Bertz CT molecular complexity index is 1130. The quantitative estimate of drug-likeness (QED) is 0.615. The summed E-state index contributed by atoms with van der Waals surface area (Å²) in [5.41, 5.74) is 3.48. The van der Waals surface area contributed by atoms with E-state index in [-0.39, 0.29) is 17.7 Å². The van der Waals surface area contributed by atoms with Crippen LogP contribution in [0.5, 0.6) is 5.75 Å². The highest BCUT2D eigenvalue weighted by atomic mass is 32.2. The van der Waals surface area contributed by atoms with Crippen molar-refractivity contribution in [3.63, 3.8) is 0 Å². The number of rotatable bonds is 4. The maximum atomic E-state index is 12.5. The number of carbonyl (C=O) groups excluding carboxylic acids is 1. The molecule has 0 atom stereocenters. The van der Waals surface area contributed by atoms with Crippen molar-refractivity contribution in [2.75, 3.05) is 26.2 Å². The summed E-state index contributed by atoms with van der Waals surface area (Å²) in [5, 5.41) is 12.1. The van der Waals surface area contributed by atoms with Gasteiger partial charge in [0, 0.05) is 11.1 Å². The van der Waals surface area contributed by atoms with E-state index in [1.54, 1.807) is 12.1 Å². The predicted octanol–water partition coefficient (Wildman–Crippen LogP) is 2.72. The van der Waals surface area contributed by atoms with Crippen molar-refractivity contribution < 1.29 is 14.8 Å². The van der Waals surface area contributed by atoms with Crippen LogP contribution in [0.25, 0.3) is 6.08 Å². The molecule has 1 amide bonds. The Balaban J connectivity index is 1.28. The molecule has 1 saturated heterocycles. The highest BCUT2D eigenvalue weighted by Gasteiger charge is 2.33. The summed E-state index contributed by atoms with van der Waals surface area (Å²) >= 11 is 1.43. The summed E-state index contributed by atoms with van der Waals surface area (Å²) < 4.78 is 0. The fourth-order valence-electron chi connectivity index (χ4n) is 4.48. The van der Waals surface area contributed by atoms with Crippen molar-refractivity contribution in [2.45, 2.75) is 6.04 Å². The van der Waals surface area contributed by atoms with E-state index in [2.05, 4.69) is 70.6 Å². The molecule has 2 aliphatic heterocycles. The Hall–Kier alpha value is -3.35. The molecular weight excluding hydrogens is 430 g/mol.